The van der Waals surface area contributed by atoms with Crippen LogP contribution >= 0.6 is 0 Å². The van der Waals surface area contributed by atoms with Crippen LogP contribution in [0.4, 0.5) is 10.1 Å². The second kappa shape index (κ2) is 5.18. The maximum atomic E-state index is 14.7. The normalized spacial score (nSPS) is 30.6. The fraction of sp³-hybridized carbons (Fsp3) is 0.400. The summed E-state index contributed by atoms with van der Waals surface area (Å²) in [4.78, 5) is 11.3. The summed E-state index contributed by atoms with van der Waals surface area (Å²) in [5, 5.41) is 13.2. The van der Waals surface area contributed by atoms with Gasteiger partial charge in [-0.2, -0.15) is 8.42 Å². The number of anilines is 1. The molecular weight excluding hydrogens is 337 g/mol. The molecule has 1 aromatic rings. The largest absolute Gasteiger partial charge is 0.506 e. The Hall–Kier alpha value is -2.13. The van der Waals surface area contributed by atoms with Crippen molar-refractivity contribution in [2.75, 3.05) is 23.9 Å². The zero-order valence-electron chi connectivity index (χ0n) is 12.6. The second-order valence-electron chi connectivity index (χ2n) is 6.30. The molecule has 2 aliphatic heterocycles. The molecule has 24 heavy (non-hydrogen) atoms. The number of carbonyl (C=O) groups is 1. The highest BCUT2D eigenvalue weighted by molar-refractivity contribution is 7.92. The van der Waals surface area contributed by atoms with Crippen LogP contribution in [-0.2, 0) is 15.0 Å². The van der Waals surface area contributed by atoms with Crippen molar-refractivity contribution >= 4 is 27.9 Å². The predicted octanol–water partition coefficient (Wildman–Crippen LogP) is 0.191. The molecule has 1 unspecified atom stereocenters. The predicted molar refractivity (Wildman–Crippen MR) is 84.8 cm³/mol. The first-order valence-corrected chi connectivity index (χ1v) is 9.06. The van der Waals surface area contributed by atoms with E-state index in [1.807, 2.05) is 6.08 Å². The number of piperidine rings is 1. The number of hydrogen-bond acceptors (Lipinski definition) is 5. The third kappa shape index (κ3) is 2.35. The molecule has 2 saturated heterocycles. The molecule has 1 saturated carbocycles. The van der Waals surface area contributed by atoms with E-state index in [1.165, 1.54) is 12.1 Å². The topological polar surface area (TPSA) is 98.7 Å². The molecule has 3 fully saturated rings. The number of fused-ring (bicyclic) bond motifs is 1. The van der Waals surface area contributed by atoms with Crippen LogP contribution in [0.25, 0.3) is 6.08 Å². The molecule has 3 N–H and O–H groups in total. The number of allylic oxidation sites excluding steroid dienone is 1. The summed E-state index contributed by atoms with van der Waals surface area (Å²) < 4.78 is 40.8. The molecule has 9 heteroatoms. The van der Waals surface area contributed by atoms with Gasteiger partial charge in [-0.05, 0) is 43.0 Å². The van der Waals surface area contributed by atoms with Crippen LogP contribution in [0.2, 0.25) is 0 Å². The summed E-state index contributed by atoms with van der Waals surface area (Å²) in [6.07, 6.45) is 3.54. The molecule has 0 spiro atoms. The Morgan fingerprint density at radius 2 is 2.00 bits per heavy atom. The van der Waals surface area contributed by atoms with Gasteiger partial charge in [0.1, 0.15) is 18.0 Å². The lowest BCUT2D eigenvalue weighted by molar-refractivity contribution is -0.117. The van der Waals surface area contributed by atoms with Crippen LogP contribution in [0.5, 0.6) is 5.75 Å². The van der Waals surface area contributed by atoms with E-state index in [9.17, 15) is 22.7 Å². The molecule has 0 radical (unpaired) electrons. The average Bonchev–Trinajstić information content (AvgIpc) is 2.83. The Kier molecular flexibility index (Phi) is 3.33. The maximum Gasteiger partial charge on any atom is 0.326 e. The summed E-state index contributed by atoms with van der Waals surface area (Å²) >= 11 is 0. The van der Waals surface area contributed by atoms with Gasteiger partial charge >= 0.3 is 10.2 Å². The Morgan fingerprint density at radius 3 is 2.62 bits per heavy atom. The molecule has 0 aromatic heterocycles. The fourth-order valence-corrected chi connectivity index (χ4v) is 4.71. The van der Waals surface area contributed by atoms with E-state index in [1.54, 1.807) is 10.8 Å². The van der Waals surface area contributed by atoms with Crippen LogP contribution in [0.1, 0.15) is 5.56 Å². The third-order valence-electron chi connectivity index (χ3n) is 4.85. The minimum atomic E-state index is -4.18. The highest BCUT2D eigenvalue weighted by Gasteiger charge is 2.50. The smallest absolute Gasteiger partial charge is 0.326 e. The number of amides is 1. The summed E-state index contributed by atoms with van der Waals surface area (Å²) in [5.74, 6) is -0.592. The van der Waals surface area contributed by atoms with Crippen molar-refractivity contribution in [1.29, 1.82) is 0 Å². The Balaban J connectivity index is 1.66. The molecule has 0 bridgehead atoms. The summed E-state index contributed by atoms with van der Waals surface area (Å²) in [6.45, 7) is 1.37. The number of aromatic hydroxyl groups is 1. The minimum Gasteiger partial charge on any atom is -0.506 e. The molecule has 7 nitrogen and oxygen atoms in total. The number of phenolic OH excluding ortho intramolecular Hbond substituents is 1. The van der Waals surface area contributed by atoms with Gasteiger partial charge in [-0.15, -0.1) is 0 Å². The number of rotatable bonds is 3. The number of phenols is 1. The highest BCUT2D eigenvalue weighted by Crippen LogP contribution is 2.49. The minimum absolute atomic E-state index is 0.176. The van der Waals surface area contributed by atoms with Crippen molar-refractivity contribution in [3.63, 3.8) is 0 Å². The van der Waals surface area contributed by atoms with E-state index >= 15 is 0 Å². The first-order chi connectivity index (χ1) is 11.4. The van der Waals surface area contributed by atoms with Crippen molar-refractivity contribution in [1.82, 2.24) is 10.0 Å². The van der Waals surface area contributed by atoms with E-state index in [4.69, 9.17) is 0 Å². The Bertz CT molecular complexity index is 845. The van der Waals surface area contributed by atoms with Crippen molar-refractivity contribution in [2.24, 2.45) is 17.8 Å². The van der Waals surface area contributed by atoms with Crippen LogP contribution < -0.4 is 14.3 Å². The standard InChI is InChI=1S/C15H16FN3O4S/c16-14-8(1-3-9-10-5-17-6-11(9)10)2-4-12(20)15(14)19-7-13(21)18-24(19,22)23/h1-4,9-11,17,20H,5-7H2,(H,18,21)/b3-1+/t9?,10-,11+. The van der Waals surface area contributed by atoms with Gasteiger partial charge in [0.2, 0.25) is 0 Å². The number of nitrogens with zero attached hydrogens (tertiary/aromatic N) is 1. The highest BCUT2D eigenvalue weighted by atomic mass is 32.2. The summed E-state index contributed by atoms with van der Waals surface area (Å²) in [6, 6.07) is 2.62. The monoisotopic (exact) mass is 353 g/mol. The molecular formula is C15H16FN3O4S. The van der Waals surface area contributed by atoms with Crippen LogP contribution in [0, 0.1) is 23.6 Å². The van der Waals surface area contributed by atoms with E-state index in [0.29, 0.717) is 22.1 Å². The number of halogens is 1. The van der Waals surface area contributed by atoms with E-state index in [2.05, 4.69) is 5.32 Å². The van der Waals surface area contributed by atoms with Gasteiger partial charge in [0, 0.05) is 5.56 Å². The van der Waals surface area contributed by atoms with Gasteiger partial charge in [-0.1, -0.05) is 12.2 Å². The van der Waals surface area contributed by atoms with Crippen molar-refractivity contribution in [3.05, 3.63) is 29.6 Å². The van der Waals surface area contributed by atoms with Gasteiger partial charge < -0.3 is 10.4 Å². The van der Waals surface area contributed by atoms with Gasteiger partial charge in [0.15, 0.2) is 5.82 Å². The zero-order chi connectivity index (χ0) is 17.1. The molecule has 128 valence electrons. The Labute approximate surface area is 138 Å². The lowest BCUT2D eigenvalue weighted by Crippen LogP contribution is -2.30. The van der Waals surface area contributed by atoms with E-state index < -0.39 is 39.9 Å². The quantitative estimate of drug-likeness (QED) is 0.721. The van der Waals surface area contributed by atoms with Crippen molar-refractivity contribution < 1.29 is 22.7 Å². The van der Waals surface area contributed by atoms with Crippen LogP contribution in [-0.4, -0.2) is 39.1 Å². The zero-order valence-corrected chi connectivity index (χ0v) is 13.4. The molecule has 3 atom stereocenters. The summed E-state index contributed by atoms with van der Waals surface area (Å²) in [7, 11) is -4.18. The lowest BCUT2D eigenvalue weighted by atomic mass is 10.1. The molecule has 4 rings (SSSR count). The number of hydrogen-bond donors (Lipinski definition) is 3. The number of benzene rings is 1. The van der Waals surface area contributed by atoms with Crippen molar-refractivity contribution in [2.45, 2.75) is 0 Å². The molecule has 1 aromatic carbocycles. The molecule has 2 heterocycles. The summed E-state index contributed by atoms with van der Waals surface area (Å²) in [5.41, 5.74) is -0.330. The van der Waals surface area contributed by atoms with Gasteiger partial charge in [0.05, 0.1) is 0 Å². The van der Waals surface area contributed by atoms with E-state index in [-0.39, 0.29) is 5.56 Å². The first kappa shape index (κ1) is 15.4. The van der Waals surface area contributed by atoms with Crippen molar-refractivity contribution in [3.8, 4) is 5.75 Å². The molecule has 3 aliphatic rings. The van der Waals surface area contributed by atoms with Gasteiger partial charge in [-0.25, -0.2) is 13.4 Å². The fourth-order valence-electron chi connectivity index (χ4n) is 3.55. The maximum absolute atomic E-state index is 14.7. The lowest BCUT2D eigenvalue weighted by Gasteiger charge is -2.17. The van der Waals surface area contributed by atoms with Crippen LogP contribution in [0.15, 0.2) is 18.2 Å². The number of carbonyl (C=O) groups excluding carboxylic acids is 1. The van der Waals surface area contributed by atoms with Crippen LogP contribution in [0.3, 0.4) is 0 Å². The number of nitrogens with one attached hydrogen (secondary N) is 2. The Morgan fingerprint density at radius 1 is 1.29 bits per heavy atom. The SMILES string of the molecule is O=C1CN(c2c(O)ccc(/C=C/C3[C@H]4CNC[C@@H]34)c2F)S(=O)(=O)N1. The third-order valence-corrected chi connectivity index (χ3v) is 6.23. The average molecular weight is 353 g/mol. The second-order valence-corrected chi connectivity index (χ2v) is 7.89. The molecule has 1 aliphatic carbocycles. The van der Waals surface area contributed by atoms with Gasteiger partial charge in [-0.3, -0.25) is 4.79 Å². The molecule has 1 amide bonds. The first-order valence-electron chi connectivity index (χ1n) is 7.62. The van der Waals surface area contributed by atoms with E-state index in [0.717, 1.165) is 13.1 Å². The van der Waals surface area contributed by atoms with Gasteiger partial charge in [0.25, 0.3) is 5.91 Å².